The summed E-state index contributed by atoms with van der Waals surface area (Å²) in [4.78, 5) is 0.649. The van der Waals surface area contributed by atoms with Crippen LogP contribution in [0, 0.1) is 5.92 Å². The molecule has 1 aromatic rings. The molecule has 0 bridgehead atoms. The summed E-state index contributed by atoms with van der Waals surface area (Å²) >= 11 is 3.60. The summed E-state index contributed by atoms with van der Waals surface area (Å²) in [6.07, 6.45) is 0.824. The molecule has 5 nitrogen and oxygen atoms in total. The van der Waals surface area contributed by atoms with E-state index in [0.717, 1.165) is 6.42 Å². The second-order valence-corrected chi connectivity index (χ2v) is 8.56. The van der Waals surface area contributed by atoms with Crippen LogP contribution in [0.4, 0.5) is 0 Å². The summed E-state index contributed by atoms with van der Waals surface area (Å²) in [6, 6.07) is 4.82. The molecule has 116 valence electrons. The van der Waals surface area contributed by atoms with Gasteiger partial charge in [0.1, 0.15) is 13.2 Å². The Bertz CT molecular complexity index is 634. The van der Waals surface area contributed by atoms with Gasteiger partial charge in [-0.25, -0.2) is 8.42 Å². The Morgan fingerprint density at radius 1 is 1.24 bits per heavy atom. The first-order valence-electron chi connectivity index (χ1n) is 7.02. The fourth-order valence-electron chi connectivity index (χ4n) is 2.63. The number of ether oxygens (including phenoxy) is 2. The van der Waals surface area contributed by atoms with Gasteiger partial charge >= 0.3 is 0 Å². The van der Waals surface area contributed by atoms with E-state index in [1.165, 1.54) is 0 Å². The molecule has 0 N–H and O–H groups in total. The van der Waals surface area contributed by atoms with Gasteiger partial charge in [-0.1, -0.05) is 22.9 Å². The molecule has 2 aliphatic rings. The minimum atomic E-state index is -3.47. The molecule has 7 heteroatoms. The Labute approximate surface area is 133 Å². The molecule has 2 unspecified atom stereocenters. The van der Waals surface area contributed by atoms with Crippen LogP contribution >= 0.6 is 15.9 Å². The predicted molar refractivity (Wildman–Crippen MR) is 82.7 cm³/mol. The number of sulfonamides is 1. The first-order chi connectivity index (χ1) is 9.98. The predicted octanol–water partition coefficient (Wildman–Crippen LogP) is 2.25. The largest absolute Gasteiger partial charge is 0.486 e. The number of piperidine rings is 1. The van der Waals surface area contributed by atoms with Crippen LogP contribution in [0.3, 0.4) is 0 Å². The number of alkyl halides is 1. The van der Waals surface area contributed by atoms with Crippen molar-refractivity contribution in [2.75, 3.05) is 26.3 Å². The summed E-state index contributed by atoms with van der Waals surface area (Å²) in [7, 11) is -3.47. The molecule has 2 heterocycles. The van der Waals surface area contributed by atoms with Crippen molar-refractivity contribution >= 4 is 26.0 Å². The second kappa shape index (κ2) is 5.78. The fraction of sp³-hybridized carbons (Fsp3) is 0.571. The molecule has 1 aromatic carbocycles. The lowest BCUT2D eigenvalue weighted by Crippen LogP contribution is -2.43. The van der Waals surface area contributed by atoms with E-state index in [1.54, 1.807) is 22.5 Å². The van der Waals surface area contributed by atoms with Crippen molar-refractivity contribution in [3.05, 3.63) is 18.2 Å². The minimum Gasteiger partial charge on any atom is -0.486 e. The molecule has 0 amide bonds. The van der Waals surface area contributed by atoms with Crippen molar-refractivity contribution in [3.8, 4) is 11.5 Å². The molecule has 0 aliphatic carbocycles. The monoisotopic (exact) mass is 375 g/mol. The lowest BCUT2D eigenvalue weighted by atomic mass is 10.0. The van der Waals surface area contributed by atoms with Gasteiger partial charge in [-0.05, 0) is 24.5 Å². The maximum Gasteiger partial charge on any atom is 0.243 e. The van der Waals surface area contributed by atoms with E-state index in [1.807, 2.05) is 0 Å². The molecule has 1 saturated heterocycles. The lowest BCUT2D eigenvalue weighted by molar-refractivity contribution is 0.171. The third-order valence-electron chi connectivity index (χ3n) is 3.91. The summed E-state index contributed by atoms with van der Waals surface area (Å²) < 4.78 is 37.9. The van der Waals surface area contributed by atoms with Crippen LogP contribution in [0.25, 0.3) is 0 Å². The van der Waals surface area contributed by atoms with E-state index in [4.69, 9.17) is 9.47 Å². The van der Waals surface area contributed by atoms with Crippen LogP contribution in [-0.4, -0.2) is 43.9 Å². The summed E-state index contributed by atoms with van der Waals surface area (Å²) in [6.45, 7) is 4.08. The van der Waals surface area contributed by atoms with E-state index in [0.29, 0.717) is 48.5 Å². The number of fused-ring (bicyclic) bond motifs is 1. The van der Waals surface area contributed by atoms with Crippen LogP contribution in [0.2, 0.25) is 0 Å². The number of hydrogen-bond donors (Lipinski definition) is 0. The molecule has 0 radical (unpaired) electrons. The number of halogens is 1. The average Bonchev–Trinajstić information content (AvgIpc) is 2.49. The van der Waals surface area contributed by atoms with Crippen LogP contribution in [0.15, 0.2) is 23.1 Å². The number of nitrogens with zero attached hydrogens (tertiary/aromatic N) is 1. The topological polar surface area (TPSA) is 55.8 Å². The zero-order valence-electron chi connectivity index (χ0n) is 11.8. The average molecular weight is 376 g/mol. The number of benzene rings is 1. The SMILES string of the molecule is CC1CN(S(=O)(=O)c2ccc3c(c2)OCCO3)CCC1Br. The zero-order chi connectivity index (χ0) is 15.0. The van der Waals surface area contributed by atoms with Gasteiger partial charge in [0, 0.05) is 24.0 Å². The molecule has 1 fully saturated rings. The maximum atomic E-state index is 12.7. The molecule has 0 aromatic heterocycles. The van der Waals surface area contributed by atoms with Gasteiger partial charge in [0.2, 0.25) is 10.0 Å². The molecule has 2 atom stereocenters. The minimum absolute atomic E-state index is 0.270. The molecule has 0 saturated carbocycles. The van der Waals surface area contributed by atoms with Crippen LogP contribution in [0.1, 0.15) is 13.3 Å². The Balaban J connectivity index is 1.88. The Morgan fingerprint density at radius 2 is 1.95 bits per heavy atom. The highest BCUT2D eigenvalue weighted by atomic mass is 79.9. The second-order valence-electron chi connectivity index (χ2n) is 5.45. The molecular formula is C14H18BrNO4S. The Kier molecular flexibility index (Phi) is 4.16. The standard InChI is InChI=1S/C14H18BrNO4S/c1-10-9-16(5-4-12(10)15)21(17,18)11-2-3-13-14(8-11)20-7-6-19-13/h2-3,8,10,12H,4-7,9H2,1H3. The lowest BCUT2D eigenvalue weighted by Gasteiger charge is -2.33. The van der Waals surface area contributed by atoms with Crippen LogP contribution < -0.4 is 9.47 Å². The summed E-state index contributed by atoms with van der Waals surface area (Å²) in [5.74, 6) is 1.41. The van der Waals surface area contributed by atoms with Gasteiger partial charge in [0.15, 0.2) is 11.5 Å². The van der Waals surface area contributed by atoms with E-state index >= 15 is 0 Å². The van der Waals surface area contributed by atoms with Gasteiger partial charge in [-0.3, -0.25) is 0 Å². The van der Waals surface area contributed by atoms with Crippen molar-refractivity contribution < 1.29 is 17.9 Å². The Hall–Kier alpha value is -0.790. The first kappa shape index (κ1) is 15.1. The zero-order valence-corrected chi connectivity index (χ0v) is 14.2. The number of rotatable bonds is 2. The first-order valence-corrected chi connectivity index (χ1v) is 9.38. The quantitative estimate of drug-likeness (QED) is 0.743. The normalized spacial score (nSPS) is 26.6. The smallest absolute Gasteiger partial charge is 0.243 e. The van der Waals surface area contributed by atoms with Gasteiger partial charge in [-0.15, -0.1) is 0 Å². The highest BCUT2D eigenvalue weighted by molar-refractivity contribution is 9.09. The van der Waals surface area contributed by atoms with Crippen molar-refractivity contribution in [2.45, 2.75) is 23.1 Å². The van der Waals surface area contributed by atoms with E-state index in [9.17, 15) is 8.42 Å². The van der Waals surface area contributed by atoms with Crippen molar-refractivity contribution in [1.29, 1.82) is 0 Å². The van der Waals surface area contributed by atoms with Gasteiger partial charge in [-0.2, -0.15) is 4.31 Å². The highest BCUT2D eigenvalue weighted by Gasteiger charge is 2.33. The Morgan fingerprint density at radius 3 is 2.67 bits per heavy atom. The van der Waals surface area contributed by atoms with Crippen molar-refractivity contribution in [1.82, 2.24) is 4.31 Å². The van der Waals surface area contributed by atoms with Crippen molar-refractivity contribution in [3.63, 3.8) is 0 Å². The van der Waals surface area contributed by atoms with Gasteiger partial charge in [0.25, 0.3) is 0 Å². The molecule has 3 rings (SSSR count). The van der Waals surface area contributed by atoms with E-state index in [-0.39, 0.29) is 4.90 Å². The highest BCUT2D eigenvalue weighted by Crippen LogP contribution is 2.34. The number of hydrogen-bond acceptors (Lipinski definition) is 4. The molecule has 2 aliphatic heterocycles. The fourth-order valence-corrected chi connectivity index (χ4v) is 4.57. The third-order valence-corrected chi connectivity index (χ3v) is 7.14. The van der Waals surface area contributed by atoms with E-state index in [2.05, 4.69) is 22.9 Å². The third kappa shape index (κ3) is 2.91. The molecule has 0 spiro atoms. The van der Waals surface area contributed by atoms with Gasteiger partial charge < -0.3 is 9.47 Å². The van der Waals surface area contributed by atoms with Gasteiger partial charge in [0.05, 0.1) is 4.90 Å². The summed E-state index contributed by atoms with van der Waals surface area (Å²) in [5.41, 5.74) is 0. The van der Waals surface area contributed by atoms with Crippen molar-refractivity contribution in [2.24, 2.45) is 5.92 Å². The summed E-state index contributed by atoms with van der Waals surface area (Å²) in [5, 5.41) is 0. The van der Waals surface area contributed by atoms with Crippen LogP contribution in [0.5, 0.6) is 11.5 Å². The maximum absolute atomic E-state index is 12.7. The molecule has 21 heavy (non-hydrogen) atoms. The van der Waals surface area contributed by atoms with Crippen LogP contribution in [-0.2, 0) is 10.0 Å². The van der Waals surface area contributed by atoms with E-state index < -0.39 is 10.0 Å². The molecular weight excluding hydrogens is 358 g/mol.